The molecule has 0 amide bonds. The van der Waals surface area contributed by atoms with Crippen molar-refractivity contribution in [3.8, 4) is 0 Å². The normalized spacial score (nSPS) is 15.6. The Labute approximate surface area is 95.2 Å². The van der Waals surface area contributed by atoms with Gasteiger partial charge in [-0.1, -0.05) is 13.8 Å². The van der Waals surface area contributed by atoms with Gasteiger partial charge in [-0.05, 0) is 36.6 Å². The van der Waals surface area contributed by atoms with Gasteiger partial charge in [-0.3, -0.25) is 0 Å². The van der Waals surface area contributed by atoms with Crippen LogP contribution in [0.15, 0.2) is 16.7 Å². The van der Waals surface area contributed by atoms with Crippen molar-refractivity contribution in [1.82, 2.24) is 0 Å². The molecule has 0 saturated carbocycles. The molecule has 0 fully saturated rings. The lowest BCUT2D eigenvalue weighted by Gasteiger charge is -2.22. The van der Waals surface area contributed by atoms with Crippen molar-refractivity contribution >= 4 is 11.6 Å². The molecular formula is C11H18ClNO2. The highest BCUT2D eigenvalue weighted by molar-refractivity contribution is 6.29. The van der Waals surface area contributed by atoms with E-state index in [0.29, 0.717) is 18.0 Å². The van der Waals surface area contributed by atoms with Gasteiger partial charge < -0.3 is 15.3 Å². The lowest BCUT2D eigenvalue weighted by Crippen LogP contribution is -2.23. The van der Waals surface area contributed by atoms with Gasteiger partial charge in [0.15, 0.2) is 5.22 Å². The van der Waals surface area contributed by atoms with Crippen molar-refractivity contribution in [2.24, 2.45) is 17.6 Å². The van der Waals surface area contributed by atoms with Gasteiger partial charge in [-0.15, -0.1) is 0 Å². The maximum atomic E-state index is 10.1. The number of furan rings is 1. The highest BCUT2D eigenvalue weighted by Crippen LogP contribution is 2.31. The van der Waals surface area contributed by atoms with Gasteiger partial charge in [0.1, 0.15) is 0 Å². The second-order valence-corrected chi connectivity index (χ2v) is 4.56. The van der Waals surface area contributed by atoms with Crippen LogP contribution < -0.4 is 5.73 Å². The third kappa shape index (κ3) is 3.23. The third-order valence-electron chi connectivity index (χ3n) is 2.49. The molecule has 0 aliphatic carbocycles. The lowest BCUT2D eigenvalue weighted by molar-refractivity contribution is 0.0990. The van der Waals surface area contributed by atoms with Crippen molar-refractivity contribution in [2.75, 3.05) is 6.54 Å². The molecule has 1 rings (SSSR count). The van der Waals surface area contributed by atoms with E-state index in [2.05, 4.69) is 13.8 Å². The van der Waals surface area contributed by atoms with E-state index in [1.807, 2.05) is 0 Å². The number of nitrogens with two attached hydrogens (primary N) is 1. The van der Waals surface area contributed by atoms with Gasteiger partial charge in [-0.25, -0.2) is 0 Å². The molecule has 2 unspecified atom stereocenters. The van der Waals surface area contributed by atoms with E-state index < -0.39 is 6.10 Å². The Hall–Kier alpha value is -0.510. The van der Waals surface area contributed by atoms with Crippen LogP contribution in [-0.2, 0) is 0 Å². The Kier molecular flexibility index (Phi) is 4.64. The highest BCUT2D eigenvalue weighted by atomic mass is 35.5. The Morgan fingerprint density at radius 2 is 2.20 bits per heavy atom. The van der Waals surface area contributed by atoms with Gasteiger partial charge in [0.2, 0.25) is 0 Å². The molecule has 3 nitrogen and oxygen atoms in total. The second kappa shape index (κ2) is 5.54. The predicted octanol–water partition coefficient (Wildman–Crippen LogP) is 2.59. The Morgan fingerprint density at radius 3 is 2.60 bits per heavy atom. The molecule has 2 atom stereocenters. The Balaban J connectivity index is 2.73. The number of halogens is 1. The van der Waals surface area contributed by atoms with Crippen LogP contribution in [0, 0.1) is 11.8 Å². The summed E-state index contributed by atoms with van der Waals surface area (Å²) in [6, 6.07) is 1.69. The van der Waals surface area contributed by atoms with Crippen molar-refractivity contribution in [2.45, 2.75) is 26.4 Å². The number of hydrogen-bond donors (Lipinski definition) is 2. The molecule has 0 saturated heterocycles. The average Bonchev–Trinajstić information content (AvgIpc) is 2.59. The SMILES string of the molecule is CC(C)CC(CN)C(O)c1ccoc1Cl. The second-order valence-electron chi connectivity index (χ2n) is 4.22. The van der Waals surface area contributed by atoms with E-state index in [0.717, 1.165) is 6.42 Å². The molecule has 0 radical (unpaired) electrons. The molecule has 4 heteroatoms. The standard InChI is InChI=1S/C11H18ClNO2/c1-7(2)5-8(6-13)10(14)9-3-4-15-11(9)12/h3-4,7-8,10,14H,5-6,13H2,1-2H3. The summed E-state index contributed by atoms with van der Waals surface area (Å²) in [5.41, 5.74) is 6.28. The summed E-state index contributed by atoms with van der Waals surface area (Å²) in [5, 5.41) is 10.3. The lowest BCUT2D eigenvalue weighted by atomic mass is 9.89. The van der Waals surface area contributed by atoms with Crippen LogP contribution in [0.3, 0.4) is 0 Å². The molecule has 15 heavy (non-hydrogen) atoms. The molecule has 1 aromatic heterocycles. The van der Waals surface area contributed by atoms with Crippen LogP contribution in [0.1, 0.15) is 31.9 Å². The van der Waals surface area contributed by atoms with Crippen LogP contribution in [-0.4, -0.2) is 11.7 Å². The van der Waals surface area contributed by atoms with E-state index in [9.17, 15) is 5.11 Å². The number of rotatable bonds is 5. The van der Waals surface area contributed by atoms with Crippen molar-refractivity contribution in [1.29, 1.82) is 0 Å². The van der Waals surface area contributed by atoms with Crippen LogP contribution in [0.4, 0.5) is 0 Å². The van der Waals surface area contributed by atoms with E-state index in [1.165, 1.54) is 6.26 Å². The molecule has 1 heterocycles. The first kappa shape index (κ1) is 12.6. The minimum atomic E-state index is -0.636. The number of aliphatic hydroxyl groups is 1. The maximum absolute atomic E-state index is 10.1. The van der Waals surface area contributed by atoms with Crippen LogP contribution in [0.2, 0.25) is 5.22 Å². The number of hydrogen-bond acceptors (Lipinski definition) is 3. The van der Waals surface area contributed by atoms with Gasteiger partial charge >= 0.3 is 0 Å². The van der Waals surface area contributed by atoms with Crippen molar-refractivity contribution < 1.29 is 9.52 Å². The summed E-state index contributed by atoms with van der Waals surface area (Å²) in [5.74, 6) is 0.527. The monoisotopic (exact) mass is 231 g/mol. The molecule has 1 aromatic rings. The van der Waals surface area contributed by atoms with E-state index in [-0.39, 0.29) is 11.1 Å². The Bertz CT molecular complexity index is 299. The summed E-state index contributed by atoms with van der Waals surface area (Å²) in [6.07, 6.45) is 1.71. The highest BCUT2D eigenvalue weighted by Gasteiger charge is 2.23. The average molecular weight is 232 g/mol. The first-order valence-electron chi connectivity index (χ1n) is 5.17. The minimum absolute atomic E-state index is 0.0279. The smallest absolute Gasteiger partial charge is 0.198 e. The maximum Gasteiger partial charge on any atom is 0.198 e. The fourth-order valence-corrected chi connectivity index (χ4v) is 1.96. The van der Waals surface area contributed by atoms with Gasteiger partial charge in [0.25, 0.3) is 0 Å². The van der Waals surface area contributed by atoms with Crippen molar-refractivity contribution in [3.05, 3.63) is 23.1 Å². The zero-order valence-electron chi connectivity index (χ0n) is 9.11. The molecule has 0 aromatic carbocycles. The van der Waals surface area contributed by atoms with E-state index >= 15 is 0 Å². The van der Waals surface area contributed by atoms with E-state index in [1.54, 1.807) is 6.07 Å². The molecule has 3 N–H and O–H groups in total. The summed E-state index contributed by atoms with van der Waals surface area (Å²) in [7, 11) is 0. The van der Waals surface area contributed by atoms with Crippen LogP contribution in [0.25, 0.3) is 0 Å². The molecule has 0 spiro atoms. The predicted molar refractivity (Wildman–Crippen MR) is 60.7 cm³/mol. The van der Waals surface area contributed by atoms with Gasteiger partial charge in [0, 0.05) is 11.5 Å². The van der Waals surface area contributed by atoms with E-state index in [4.69, 9.17) is 21.8 Å². The summed E-state index contributed by atoms with van der Waals surface area (Å²) >= 11 is 5.80. The summed E-state index contributed by atoms with van der Waals surface area (Å²) in [6.45, 7) is 4.65. The third-order valence-corrected chi connectivity index (χ3v) is 2.80. The van der Waals surface area contributed by atoms with Gasteiger partial charge in [0.05, 0.1) is 12.4 Å². The topological polar surface area (TPSA) is 59.4 Å². The molecular weight excluding hydrogens is 214 g/mol. The largest absolute Gasteiger partial charge is 0.453 e. The quantitative estimate of drug-likeness (QED) is 0.819. The first-order valence-corrected chi connectivity index (χ1v) is 5.55. The zero-order valence-corrected chi connectivity index (χ0v) is 9.87. The van der Waals surface area contributed by atoms with Crippen LogP contribution in [0.5, 0.6) is 0 Å². The summed E-state index contributed by atoms with van der Waals surface area (Å²) in [4.78, 5) is 0. The zero-order chi connectivity index (χ0) is 11.4. The fraction of sp³-hybridized carbons (Fsp3) is 0.636. The first-order chi connectivity index (χ1) is 7.06. The van der Waals surface area contributed by atoms with Crippen molar-refractivity contribution in [3.63, 3.8) is 0 Å². The Morgan fingerprint density at radius 1 is 1.53 bits per heavy atom. The summed E-state index contributed by atoms with van der Waals surface area (Å²) < 4.78 is 4.95. The molecule has 0 bridgehead atoms. The molecule has 0 aliphatic heterocycles. The fourth-order valence-electron chi connectivity index (χ4n) is 1.73. The molecule has 0 aliphatic rings. The van der Waals surface area contributed by atoms with Gasteiger partial charge in [-0.2, -0.15) is 0 Å². The number of aliphatic hydroxyl groups excluding tert-OH is 1. The van der Waals surface area contributed by atoms with Crippen LogP contribution >= 0.6 is 11.6 Å². The minimum Gasteiger partial charge on any atom is -0.453 e. The molecule has 86 valence electrons.